The van der Waals surface area contributed by atoms with E-state index in [1.807, 2.05) is 0 Å². The molecule has 10 nitrogen and oxygen atoms in total. The highest BCUT2D eigenvalue weighted by Crippen LogP contribution is 2.21. The molecule has 3 aromatic rings. The number of aromatic nitrogens is 4. The Morgan fingerprint density at radius 1 is 1.09 bits per heavy atom. The van der Waals surface area contributed by atoms with Gasteiger partial charge < -0.3 is 20.2 Å². The monoisotopic (exact) mass is 511 g/mol. The number of anilines is 2. The molecule has 0 fully saturated rings. The number of amides is 1. The van der Waals surface area contributed by atoms with Gasteiger partial charge in [0.05, 0.1) is 29.9 Å². The Balaban J connectivity index is 1.82. The molecule has 0 aromatic carbocycles. The Kier molecular flexibility index (Phi) is 8.44. The van der Waals surface area contributed by atoms with E-state index in [1.165, 1.54) is 25.6 Å². The average Bonchev–Trinajstić information content (AvgIpc) is 2.79. The molecular formula is C20H17Cl2F2N7O3. The van der Waals surface area contributed by atoms with E-state index < -0.39 is 17.8 Å². The summed E-state index contributed by atoms with van der Waals surface area (Å²) in [5.41, 5.74) is 0.301. The lowest BCUT2D eigenvalue weighted by atomic mass is 10.2. The second kappa shape index (κ2) is 11.5. The summed E-state index contributed by atoms with van der Waals surface area (Å²) in [4.78, 5) is 33.2. The third kappa shape index (κ3) is 6.45. The zero-order valence-electron chi connectivity index (χ0n) is 17.8. The van der Waals surface area contributed by atoms with E-state index in [9.17, 15) is 13.6 Å². The average molecular weight is 512 g/mol. The maximum Gasteiger partial charge on any atom is 0.275 e. The van der Waals surface area contributed by atoms with Crippen LogP contribution in [-0.2, 0) is 4.84 Å². The number of ether oxygens (including phenoxy) is 1. The van der Waals surface area contributed by atoms with Gasteiger partial charge in [0.15, 0.2) is 5.69 Å². The van der Waals surface area contributed by atoms with Gasteiger partial charge in [0.25, 0.3) is 5.91 Å². The van der Waals surface area contributed by atoms with Crippen molar-refractivity contribution in [3.63, 3.8) is 0 Å². The minimum atomic E-state index is -1.03. The minimum absolute atomic E-state index is 0.0189. The summed E-state index contributed by atoms with van der Waals surface area (Å²) in [5.74, 6) is -2.80. The van der Waals surface area contributed by atoms with Crippen molar-refractivity contribution >= 4 is 46.3 Å². The molecule has 0 atom stereocenters. The lowest BCUT2D eigenvalue weighted by molar-refractivity contribution is 0.0949. The molecule has 3 aromatic heterocycles. The van der Waals surface area contributed by atoms with Crippen molar-refractivity contribution in [1.82, 2.24) is 25.3 Å². The van der Waals surface area contributed by atoms with Gasteiger partial charge >= 0.3 is 0 Å². The molecule has 178 valence electrons. The van der Waals surface area contributed by atoms with Crippen molar-refractivity contribution in [3.8, 4) is 5.88 Å². The number of nitrogens with one attached hydrogen (secondary N) is 2. The van der Waals surface area contributed by atoms with Crippen molar-refractivity contribution in [1.29, 1.82) is 0 Å². The van der Waals surface area contributed by atoms with Gasteiger partial charge in [-0.25, -0.2) is 9.97 Å². The molecular weight excluding hydrogens is 495 g/mol. The van der Waals surface area contributed by atoms with Crippen molar-refractivity contribution in [2.45, 2.75) is 6.92 Å². The molecule has 0 saturated carbocycles. The maximum absolute atomic E-state index is 13.4. The van der Waals surface area contributed by atoms with Crippen molar-refractivity contribution < 1.29 is 23.1 Å². The Morgan fingerprint density at radius 2 is 1.82 bits per heavy atom. The molecule has 0 bridgehead atoms. The lowest BCUT2D eigenvalue weighted by Crippen LogP contribution is -2.32. The van der Waals surface area contributed by atoms with Crippen LogP contribution in [0.4, 0.5) is 20.3 Å². The van der Waals surface area contributed by atoms with Gasteiger partial charge in [0.2, 0.25) is 17.8 Å². The Hall–Kier alpha value is -3.64. The van der Waals surface area contributed by atoms with E-state index in [4.69, 9.17) is 32.8 Å². The third-order valence-corrected chi connectivity index (χ3v) is 4.48. The molecule has 3 heterocycles. The van der Waals surface area contributed by atoms with E-state index in [0.29, 0.717) is 5.02 Å². The summed E-state index contributed by atoms with van der Waals surface area (Å²) < 4.78 is 31.8. The molecule has 0 saturated heterocycles. The summed E-state index contributed by atoms with van der Waals surface area (Å²) in [6.45, 7) is 1.86. The largest absolute Gasteiger partial charge is 0.479 e. The smallest absolute Gasteiger partial charge is 0.275 e. The highest BCUT2D eigenvalue weighted by molar-refractivity contribution is 6.36. The van der Waals surface area contributed by atoms with E-state index in [2.05, 4.69) is 35.7 Å². The molecule has 2 N–H and O–H groups in total. The highest BCUT2D eigenvalue weighted by atomic mass is 35.5. The van der Waals surface area contributed by atoms with Gasteiger partial charge in [-0.15, -0.1) is 0 Å². The summed E-state index contributed by atoms with van der Waals surface area (Å²) in [7, 11) is 1.31. The number of oxime groups is 1. The van der Waals surface area contributed by atoms with E-state index >= 15 is 0 Å². The van der Waals surface area contributed by atoms with Gasteiger partial charge in [-0.1, -0.05) is 28.4 Å². The third-order valence-electron chi connectivity index (χ3n) is 3.98. The molecule has 0 spiro atoms. The standard InChI is InChI=1S/C20H17Cl2F2N7O3/c1-3-34-31-13(17-12(22)4-10(21)7-25-17)8-26-19(32)18-20(33-2)27-9-16(30-18)28-11-5-14(23)29-15(24)6-11/h4-7,9H,3,8H2,1-2H3,(H,26,32)(H,28,29,30). The minimum Gasteiger partial charge on any atom is -0.479 e. The van der Waals surface area contributed by atoms with E-state index in [1.54, 1.807) is 6.92 Å². The van der Waals surface area contributed by atoms with Crippen LogP contribution in [0.25, 0.3) is 0 Å². The first-order chi connectivity index (χ1) is 16.3. The SMILES string of the molecule is CCON=C(CNC(=O)c1nc(Nc2cc(F)nc(F)c2)cnc1OC)c1ncc(Cl)cc1Cl. The number of nitrogens with zero attached hydrogens (tertiary/aromatic N) is 5. The van der Waals surface area contributed by atoms with Crippen LogP contribution in [0.3, 0.4) is 0 Å². The second-order valence-electron chi connectivity index (χ2n) is 6.36. The van der Waals surface area contributed by atoms with Crippen molar-refractivity contribution in [3.05, 3.63) is 63.9 Å². The first-order valence-electron chi connectivity index (χ1n) is 9.60. The molecule has 0 aliphatic rings. The predicted molar refractivity (Wildman–Crippen MR) is 121 cm³/mol. The van der Waals surface area contributed by atoms with Crippen molar-refractivity contribution in [2.24, 2.45) is 5.16 Å². The van der Waals surface area contributed by atoms with Gasteiger partial charge in [-0.05, 0) is 13.0 Å². The maximum atomic E-state index is 13.4. The van der Waals surface area contributed by atoms with Gasteiger partial charge in [0.1, 0.15) is 23.8 Å². The van der Waals surface area contributed by atoms with Crippen LogP contribution in [0.5, 0.6) is 5.88 Å². The summed E-state index contributed by atoms with van der Waals surface area (Å²) in [6.07, 6.45) is 2.60. The molecule has 0 radical (unpaired) electrons. The zero-order chi connectivity index (χ0) is 24.7. The van der Waals surface area contributed by atoms with Gasteiger partial charge in [-0.2, -0.15) is 13.8 Å². The fourth-order valence-corrected chi connectivity index (χ4v) is 3.09. The Bertz CT molecular complexity index is 1210. The number of hydrogen-bond acceptors (Lipinski definition) is 9. The predicted octanol–water partition coefficient (Wildman–Crippen LogP) is 3.77. The topological polar surface area (TPSA) is 124 Å². The van der Waals surface area contributed by atoms with E-state index in [-0.39, 0.29) is 52.7 Å². The summed E-state index contributed by atoms with van der Waals surface area (Å²) >= 11 is 12.1. The molecule has 34 heavy (non-hydrogen) atoms. The number of halogens is 4. The van der Waals surface area contributed by atoms with Crippen LogP contribution in [0.2, 0.25) is 10.0 Å². The first-order valence-corrected chi connectivity index (χ1v) is 10.4. The number of rotatable bonds is 9. The fourth-order valence-electron chi connectivity index (χ4n) is 2.60. The molecule has 0 aliphatic heterocycles. The number of hydrogen-bond donors (Lipinski definition) is 2. The number of carbonyl (C=O) groups excluding carboxylic acids is 1. The fraction of sp³-hybridized carbons (Fsp3) is 0.200. The van der Waals surface area contributed by atoms with Crippen LogP contribution in [0.1, 0.15) is 23.1 Å². The Morgan fingerprint density at radius 3 is 2.47 bits per heavy atom. The summed E-state index contributed by atoms with van der Waals surface area (Å²) in [6, 6.07) is 3.38. The molecule has 3 rings (SSSR count). The van der Waals surface area contributed by atoms with Crippen LogP contribution >= 0.6 is 23.2 Å². The second-order valence-corrected chi connectivity index (χ2v) is 7.21. The summed E-state index contributed by atoms with van der Waals surface area (Å²) in [5, 5.41) is 9.75. The zero-order valence-corrected chi connectivity index (χ0v) is 19.3. The normalized spacial score (nSPS) is 11.2. The van der Waals surface area contributed by atoms with Crippen molar-refractivity contribution in [2.75, 3.05) is 25.6 Å². The van der Waals surface area contributed by atoms with Crippen LogP contribution < -0.4 is 15.4 Å². The number of methoxy groups -OCH3 is 1. The quantitative estimate of drug-likeness (QED) is 0.252. The lowest BCUT2D eigenvalue weighted by Gasteiger charge is -2.12. The molecule has 1 amide bonds. The Labute approximate surface area is 202 Å². The van der Waals surface area contributed by atoms with Gasteiger partial charge in [-0.3, -0.25) is 9.78 Å². The highest BCUT2D eigenvalue weighted by Gasteiger charge is 2.20. The number of carbonyl (C=O) groups is 1. The van der Waals surface area contributed by atoms with Crippen LogP contribution in [-0.4, -0.2) is 51.8 Å². The van der Waals surface area contributed by atoms with Crippen LogP contribution in [0.15, 0.2) is 35.7 Å². The molecule has 0 aliphatic carbocycles. The van der Waals surface area contributed by atoms with Crippen LogP contribution in [0, 0.1) is 11.9 Å². The molecule has 14 heteroatoms. The first kappa shape index (κ1) is 25.0. The molecule has 0 unspecified atom stereocenters. The van der Waals surface area contributed by atoms with Gasteiger partial charge in [0, 0.05) is 24.0 Å². The van der Waals surface area contributed by atoms with E-state index in [0.717, 1.165) is 12.1 Å². The number of pyridine rings is 2.